The Morgan fingerprint density at radius 2 is 1.36 bits per heavy atom. The van der Waals surface area contributed by atoms with E-state index in [0.29, 0.717) is 12.0 Å². The Kier molecular flexibility index (Phi) is 7.64. The topological polar surface area (TPSA) is 74.6 Å². The molecule has 0 spiro atoms. The number of unbranched alkanes of at least 4 members (excludes halogenated alkanes) is 6. The molecule has 0 heterocycles. The minimum absolute atomic E-state index is 0.134. The number of rotatable bonds is 11. The summed E-state index contributed by atoms with van der Waals surface area (Å²) >= 11 is 0. The molecule has 0 saturated carbocycles. The van der Waals surface area contributed by atoms with Crippen LogP contribution in [0.1, 0.15) is 63.9 Å². The van der Waals surface area contributed by atoms with Gasteiger partial charge in [-0.3, -0.25) is 9.59 Å². The molecule has 0 fully saturated rings. The highest BCUT2D eigenvalue weighted by Crippen LogP contribution is 2.31. The second-order valence-corrected chi connectivity index (χ2v) is 5.75. The SMILES string of the molecule is CCCCCCCCCC(C(=O)O)(C(=O)O)c1ccccc1. The van der Waals surface area contributed by atoms with Gasteiger partial charge in [0.15, 0.2) is 5.41 Å². The van der Waals surface area contributed by atoms with Crippen LogP contribution in [0, 0.1) is 0 Å². The summed E-state index contributed by atoms with van der Waals surface area (Å²) in [6.45, 7) is 2.16. The van der Waals surface area contributed by atoms with E-state index in [2.05, 4.69) is 6.92 Å². The molecule has 2 N–H and O–H groups in total. The van der Waals surface area contributed by atoms with Crippen LogP contribution in [0.2, 0.25) is 0 Å². The van der Waals surface area contributed by atoms with Crippen molar-refractivity contribution in [1.82, 2.24) is 0 Å². The second kappa shape index (κ2) is 9.23. The fourth-order valence-corrected chi connectivity index (χ4v) is 2.77. The number of carboxylic acids is 2. The zero-order valence-electron chi connectivity index (χ0n) is 13.3. The number of aliphatic carboxylic acids is 2. The minimum Gasteiger partial charge on any atom is -0.480 e. The van der Waals surface area contributed by atoms with Crippen molar-refractivity contribution in [1.29, 1.82) is 0 Å². The van der Waals surface area contributed by atoms with Crippen molar-refractivity contribution in [2.45, 2.75) is 63.7 Å². The number of hydrogen-bond acceptors (Lipinski definition) is 2. The predicted octanol–water partition coefficient (Wildman–Crippen LogP) is 4.23. The summed E-state index contributed by atoms with van der Waals surface area (Å²) in [5.41, 5.74) is -1.48. The fourth-order valence-electron chi connectivity index (χ4n) is 2.77. The van der Waals surface area contributed by atoms with Gasteiger partial charge in [0, 0.05) is 0 Å². The Hall–Kier alpha value is -1.84. The van der Waals surface area contributed by atoms with E-state index in [9.17, 15) is 19.8 Å². The summed E-state index contributed by atoms with van der Waals surface area (Å²) in [6.07, 6.45) is 7.38. The standard InChI is InChI=1S/C18H26O4/c1-2-3-4-5-6-7-11-14-18(16(19)20,17(21)22)15-12-9-8-10-13-15/h8-10,12-13H,2-7,11,14H2,1H3,(H,19,20)(H,21,22). The van der Waals surface area contributed by atoms with Gasteiger partial charge < -0.3 is 10.2 Å². The first kappa shape index (κ1) is 18.2. The second-order valence-electron chi connectivity index (χ2n) is 5.75. The van der Waals surface area contributed by atoms with Crippen LogP contribution in [0.15, 0.2) is 30.3 Å². The van der Waals surface area contributed by atoms with Crippen molar-refractivity contribution < 1.29 is 19.8 Å². The lowest BCUT2D eigenvalue weighted by molar-refractivity contribution is -0.158. The molecule has 0 aliphatic heterocycles. The molecule has 1 aromatic rings. The van der Waals surface area contributed by atoms with Gasteiger partial charge in [0.05, 0.1) is 0 Å². The third-order valence-corrected chi connectivity index (χ3v) is 4.15. The first-order valence-electron chi connectivity index (χ1n) is 8.08. The van der Waals surface area contributed by atoms with Gasteiger partial charge in [-0.25, -0.2) is 0 Å². The quantitative estimate of drug-likeness (QED) is 0.474. The molecule has 0 aliphatic carbocycles. The molecule has 0 unspecified atom stereocenters. The lowest BCUT2D eigenvalue weighted by atomic mass is 9.76. The molecule has 0 atom stereocenters. The van der Waals surface area contributed by atoms with Crippen LogP contribution in [0.25, 0.3) is 0 Å². The molecule has 0 bridgehead atoms. The van der Waals surface area contributed by atoms with Gasteiger partial charge in [0.1, 0.15) is 0 Å². The molecule has 0 saturated heterocycles. The van der Waals surface area contributed by atoms with Gasteiger partial charge in [-0.05, 0) is 12.0 Å². The molecule has 0 radical (unpaired) electrons. The van der Waals surface area contributed by atoms with Gasteiger partial charge in [0.2, 0.25) is 0 Å². The summed E-state index contributed by atoms with van der Waals surface area (Å²) in [5.74, 6) is -2.56. The smallest absolute Gasteiger partial charge is 0.325 e. The first-order valence-corrected chi connectivity index (χ1v) is 8.08. The van der Waals surface area contributed by atoms with Gasteiger partial charge in [-0.1, -0.05) is 82.2 Å². The number of carbonyl (C=O) groups is 2. The zero-order valence-corrected chi connectivity index (χ0v) is 13.3. The van der Waals surface area contributed by atoms with E-state index in [4.69, 9.17) is 0 Å². The molecule has 122 valence electrons. The van der Waals surface area contributed by atoms with Crippen molar-refractivity contribution in [3.63, 3.8) is 0 Å². The predicted molar refractivity (Wildman–Crippen MR) is 86.0 cm³/mol. The summed E-state index contributed by atoms with van der Waals surface area (Å²) < 4.78 is 0. The van der Waals surface area contributed by atoms with Gasteiger partial charge >= 0.3 is 11.9 Å². The number of benzene rings is 1. The van der Waals surface area contributed by atoms with E-state index in [1.165, 1.54) is 19.3 Å². The molecule has 0 aromatic heterocycles. The van der Waals surface area contributed by atoms with Crippen molar-refractivity contribution in [2.75, 3.05) is 0 Å². The molecule has 1 rings (SSSR count). The van der Waals surface area contributed by atoms with E-state index in [0.717, 1.165) is 19.3 Å². The average molecular weight is 306 g/mol. The van der Waals surface area contributed by atoms with E-state index in [1.54, 1.807) is 30.3 Å². The fraction of sp³-hybridized carbons (Fsp3) is 0.556. The molecular weight excluding hydrogens is 280 g/mol. The molecule has 1 aromatic carbocycles. The lowest BCUT2D eigenvalue weighted by Crippen LogP contribution is -2.43. The monoisotopic (exact) mass is 306 g/mol. The van der Waals surface area contributed by atoms with E-state index >= 15 is 0 Å². The van der Waals surface area contributed by atoms with Crippen LogP contribution in [0.5, 0.6) is 0 Å². The van der Waals surface area contributed by atoms with Gasteiger partial charge in [-0.2, -0.15) is 0 Å². The third kappa shape index (κ3) is 4.58. The summed E-state index contributed by atoms with van der Waals surface area (Å²) in [6, 6.07) is 8.29. The van der Waals surface area contributed by atoms with Crippen LogP contribution >= 0.6 is 0 Å². The molecule has 4 heteroatoms. The normalized spacial score (nSPS) is 11.3. The Morgan fingerprint density at radius 1 is 0.864 bits per heavy atom. The van der Waals surface area contributed by atoms with E-state index in [1.807, 2.05) is 0 Å². The van der Waals surface area contributed by atoms with Crippen molar-refractivity contribution in [2.24, 2.45) is 0 Å². The summed E-state index contributed by atoms with van der Waals surface area (Å²) in [7, 11) is 0. The van der Waals surface area contributed by atoms with E-state index < -0.39 is 17.4 Å². The molecule has 22 heavy (non-hydrogen) atoms. The van der Waals surface area contributed by atoms with Gasteiger partial charge in [0.25, 0.3) is 0 Å². The molecule has 0 amide bonds. The molecule has 0 aliphatic rings. The van der Waals surface area contributed by atoms with E-state index in [-0.39, 0.29) is 6.42 Å². The van der Waals surface area contributed by atoms with Crippen LogP contribution in [0.3, 0.4) is 0 Å². The maximum absolute atomic E-state index is 11.7. The maximum atomic E-state index is 11.7. The highest BCUT2D eigenvalue weighted by molar-refractivity contribution is 6.04. The van der Waals surface area contributed by atoms with Crippen LogP contribution < -0.4 is 0 Å². The molecular formula is C18H26O4. The summed E-state index contributed by atoms with van der Waals surface area (Å²) in [4.78, 5) is 23.4. The zero-order chi connectivity index (χ0) is 16.4. The minimum atomic E-state index is -1.83. The van der Waals surface area contributed by atoms with Crippen molar-refractivity contribution in [3.05, 3.63) is 35.9 Å². The van der Waals surface area contributed by atoms with Crippen LogP contribution in [-0.2, 0) is 15.0 Å². The Balaban J connectivity index is 2.68. The average Bonchev–Trinajstić information content (AvgIpc) is 2.50. The number of carboxylic acid groups (broad SMARTS) is 2. The molecule has 4 nitrogen and oxygen atoms in total. The first-order chi connectivity index (χ1) is 10.6. The van der Waals surface area contributed by atoms with Crippen LogP contribution in [0.4, 0.5) is 0 Å². The third-order valence-electron chi connectivity index (χ3n) is 4.15. The Morgan fingerprint density at radius 3 is 1.86 bits per heavy atom. The maximum Gasteiger partial charge on any atom is 0.325 e. The Labute approximate surface area is 132 Å². The largest absolute Gasteiger partial charge is 0.480 e. The lowest BCUT2D eigenvalue weighted by Gasteiger charge is -2.25. The summed E-state index contributed by atoms with van der Waals surface area (Å²) in [5, 5.41) is 19.1. The van der Waals surface area contributed by atoms with Crippen molar-refractivity contribution >= 4 is 11.9 Å². The number of hydrogen-bond donors (Lipinski definition) is 2. The Bertz CT molecular complexity index is 453. The van der Waals surface area contributed by atoms with Crippen LogP contribution in [-0.4, -0.2) is 22.2 Å². The highest BCUT2D eigenvalue weighted by atomic mass is 16.4. The van der Waals surface area contributed by atoms with Gasteiger partial charge in [-0.15, -0.1) is 0 Å². The highest BCUT2D eigenvalue weighted by Gasteiger charge is 2.47. The van der Waals surface area contributed by atoms with Crippen molar-refractivity contribution in [3.8, 4) is 0 Å².